The van der Waals surface area contributed by atoms with E-state index in [2.05, 4.69) is 23.0 Å². The fourth-order valence-corrected chi connectivity index (χ4v) is 3.07. The molecule has 20 heavy (non-hydrogen) atoms. The first kappa shape index (κ1) is 14.9. The van der Waals surface area contributed by atoms with E-state index in [4.69, 9.17) is 0 Å². The lowest BCUT2D eigenvalue weighted by atomic mass is 10.2. The fourth-order valence-electron chi connectivity index (χ4n) is 2.17. The number of carbonyl (C=O) groups is 1. The molecule has 1 heterocycles. The highest BCUT2D eigenvalue weighted by atomic mass is 32.2. The Balaban J connectivity index is 2.13. The summed E-state index contributed by atoms with van der Waals surface area (Å²) in [6, 6.07) is 6.12. The number of aryl methyl sites for hydroxylation is 1. The summed E-state index contributed by atoms with van der Waals surface area (Å²) in [6.45, 7) is 9.49. The van der Waals surface area contributed by atoms with Crippen molar-refractivity contribution in [2.75, 3.05) is 13.1 Å². The van der Waals surface area contributed by atoms with Crippen LogP contribution in [0.2, 0.25) is 0 Å². The van der Waals surface area contributed by atoms with Gasteiger partial charge in [0.15, 0.2) is 5.16 Å². The quantitative estimate of drug-likeness (QED) is 0.861. The van der Waals surface area contributed by atoms with Gasteiger partial charge in [0.05, 0.1) is 16.3 Å². The minimum atomic E-state index is -0.128. The van der Waals surface area contributed by atoms with Gasteiger partial charge in [0.25, 0.3) is 0 Å². The molecule has 0 fully saturated rings. The molecule has 0 spiro atoms. The zero-order chi connectivity index (χ0) is 14.7. The van der Waals surface area contributed by atoms with Crippen LogP contribution in [0.4, 0.5) is 0 Å². The first-order chi connectivity index (χ1) is 9.55. The highest BCUT2D eigenvalue weighted by molar-refractivity contribution is 8.00. The number of amides is 1. The molecule has 1 amide bonds. The number of hydrogen-bond acceptors (Lipinski definition) is 3. The van der Waals surface area contributed by atoms with Gasteiger partial charge in [0.2, 0.25) is 5.91 Å². The van der Waals surface area contributed by atoms with E-state index in [9.17, 15) is 4.79 Å². The Kier molecular flexibility index (Phi) is 4.70. The zero-order valence-corrected chi connectivity index (χ0v) is 13.3. The number of hydrogen-bond donors (Lipinski definition) is 1. The molecule has 2 aromatic rings. The lowest BCUT2D eigenvalue weighted by Crippen LogP contribution is -2.36. The Morgan fingerprint density at radius 2 is 2.10 bits per heavy atom. The van der Waals surface area contributed by atoms with E-state index in [1.807, 2.05) is 37.8 Å². The normalized spacial score (nSPS) is 12.6. The number of H-pyrrole nitrogens is 1. The zero-order valence-electron chi connectivity index (χ0n) is 12.4. The molecule has 0 bridgehead atoms. The van der Waals surface area contributed by atoms with Gasteiger partial charge in [0, 0.05) is 13.1 Å². The van der Waals surface area contributed by atoms with E-state index < -0.39 is 0 Å². The number of benzene rings is 1. The molecule has 0 saturated carbocycles. The van der Waals surface area contributed by atoms with Crippen LogP contribution in [0, 0.1) is 6.92 Å². The Morgan fingerprint density at radius 1 is 1.40 bits per heavy atom. The summed E-state index contributed by atoms with van der Waals surface area (Å²) >= 11 is 1.48. The minimum Gasteiger partial charge on any atom is -0.342 e. The first-order valence-electron chi connectivity index (χ1n) is 6.97. The second-order valence-electron chi connectivity index (χ2n) is 4.83. The minimum absolute atomic E-state index is 0.128. The smallest absolute Gasteiger partial charge is 0.235 e. The van der Waals surface area contributed by atoms with Crippen molar-refractivity contribution < 1.29 is 4.79 Å². The molecule has 1 aromatic carbocycles. The Labute approximate surface area is 124 Å². The average Bonchev–Trinajstić information content (AvgIpc) is 2.81. The molecule has 1 aromatic heterocycles. The molecule has 4 nitrogen and oxygen atoms in total. The predicted molar refractivity (Wildman–Crippen MR) is 84.1 cm³/mol. The van der Waals surface area contributed by atoms with Crippen LogP contribution >= 0.6 is 11.8 Å². The van der Waals surface area contributed by atoms with Crippen molar-refractivity contribution in [2.45, 2.75) is 38.1 Å². The highest BCUT2D eigenvalue weighted by Crippen LogP contribution is 2.25. The van der Waals surface area contributed by atoms with Crippen LogP contribution in [-0.2, 0) is 4.79 Å². The lowest BCUT2D eigenvalue weighted by Gasteiger charge is -2.21. The number of aromatic amines is 1. The van der Waals surface area contributed by atoms with Gasteiger partial charge in [-0.25, -0.2) is 4.98 Å². The molecule has 0 saturated heterocycles. The van der Waals surface area contributed by atoms with E-state index >= 15 is 0 Å². The third-order valence-corrected chi connectivity index (χ3v) is 4.30. The summed E-state index contributed by atoms with van der Waals surface area (Å²) in [5.41, 5.74) is 3.17. The SMILES string of the molecule is CCN(CC)C(=O)C(C)Sc1nc2ccc(C)cc2[nH]1. The molecular weight excluding hydrogens is 270 g/mol. The molecule has 0 aliphatic rings. The maximum absolute atomic E-state index is 12.2. The fraction of sp³-hybridized carbons (Fsp3) is 0.467. The van der Waals surface area contributed by atoms with Crippen LogP contribution in [0.3, 0.4) is 0 Å². The van der Waals surface area contributed by atoms with Crippen molar-refractivity contribution in [3.63, 3.8) is 0 Å². The summed E-state index contributed by atoms with van der Waals surface area (Å²) in [5, 5.41) is 0.676. The molecule has 1 N–H and O–H groups in total. The van der Waals surface area contributed by atoms with Gasteiger partial charge in [0.1, 0.15) is 0 Å². The number of nitrogens with one attached hydrogen (secondary N) is 1. The van der Waals surface area contributed by atoms with E-state index in [0.717, 1.165) is 29.3 Å². The number of carbonyl (C=O) groups excluding carboxylic acids is 1. The number of imidazole rings is 1. The number of fused-ring (bicyclic) bond motifs is 1. The van der Waals surface area contributed by atoms with Crippen LogP contribution in [0.5, 0.6) is 0 Å². The second kappa shape index (κ2) is 6.31. The van der Waals surface area contributed by atoms with Crippen molar-refractivity contribution in [2.24, 2.45) is 0 Å². The largest absolute Gasteiger partial charge is 0.342 e. The maximum Gasteiger partial charge on any atom is 0.235 e. The average molecular weight is 291 g/mol. The number of rotatable bonds is 5. The highest BCUT2D eigenvalue weighted by Gasteiger charge is 2.20. The van der Waals surface area contributed by atoms with Gasteiger partial charge < -0.3 is 9.88 Å². The molecular formula is C15H21N3OS. The third kappa shape index (κ3) is 3.15. The van der Waals surface area contributed by atoms with Crippen molar-refractivity contribution in [3.05, 3.63) is 23.8 Å². The summed E-state index contributed by atoms with van der Waals surface area (Å²) in [6.07, 6.45) is 0. The number of aromatic nitrogens is 2. The molecule has 1 atom stereocenters. The molecule has 0 aliphatic heterocycles. The third-order valence-electron chi connectivity index (χ3n) is 3.33. The standard InChI is InChI=1S/C15H21N3OS/c1-5-18(6-2)14(19)11(4)20-15-16-12-8-7-10(3)9-13(12)17-15/h7-9,11H,5-6H2,1-4H3,(H,16,17). The molecule has 1 unspecified atom stereocenters. The van der Waals surface area contributed by atoms with Gasteiger partial charge >= 0.3 is 0 Å². The first-order valence-corrected chi connectivity index (χ1v) is 7.85. The summed E-state index contributed by atoms with van der Waals surface area (Å²) in [7, 11) is 0. The Bertz CT molecular complexity index is 604. The van der Waals surface area contributed by atoms with E-state index in [0.29, 0.717) is 0 Å². The van der Waals surface area contributed by atoms with Crippen LogP contribution < -0.4 is 0 Å². The monoisotopic (exact) mass is 291 g/mol. The molecule has 2 rings (SSSR count). The second-order valence-corrected chi connectivity index (χ2v) is 6.16. The van der Waals surface area contributed by atoms with Crippen molar-refractivity contribution in [3.8, 4) is 0 Å². The topological polar surface area (TPSA) is 49.0 Å². The van der Waals surface area contributed by atoms with Crippen LogP contribution in [-0.4, -0.2) is 39.1 Å². The maximum atomic E-state index is 12.2. The van der Waals surface area contributed by atoms with Gasteiger partial charge in [-0.2, -0.15) is 0 Å². The molecule has 0 radical (unpaired) electrons. The van der Waals surface area contributed by atoms with Crippen molar-refractivity contribution in [1.29, 1.82) is 0 Å². The molecule has 5 heteroatoms. The van der Waals surface area contributed by atoms with Gasteiger partial charge in [-0.15, -0.1) is 0 Å². The molecule has 108 valence electrons. The summed E-state index contributed by atoms with van der Waals surface area (Å²) in [4.78, 5) is 21.9. The van der Waals surface area contributed by atoms with E-state index in [-0.39, 0.29) is 11.2 Å². The van der Waals surface area contributed by atoms with Crippen molar-refractivity contribution in [1.82, 2.24) is 14.9 Å². The van der Waals surface area contributed by atoms with Gasteiger partial charge in [-0.3, -0.25) is 4.79 Å². The summed E-state index contributed by atoms with van der Waals surface area (Å²) < 4.78 is 0. The van der Waals surface area contributed by atoms with Gasteiger partial charge in [-0.05, 0) is 45.4 Å². The van der Waals surface area contributed by atoms with E-state index in [1.165, 1.54) is 17.3 Å². The Hall–Kier alpha value is -1.49. The number of nitrogens with zero attached hydrogens (tertiary/aromatic N) is 2. The van der Waals surface area contributed by atoms with Crippen molar-refractivity contribution >= 4 is 28.7 Å². The van der Waals surface area contributed by atoms with E-state index in [1.54, 1.807) is 0 Å². The molecule has 0 aliphatic carbocycles. The van der Waals surface area contributed by atoms with Crippen LogP contribution in [0.15, 0.2) is 23.4 Å². The predicted octanol–water partition coefficient (Wildman–Crippen LogP) is 3.22. The van der Waals surface area contributed by atoms with Crippen LogP contribution in [0.1, 0.15) is 26.3 Å². The number of thioether (sulfide) groups is 1. The summed E-state index contributed by atoms with van der Waals surface area (Å²) in [5.74, 6) is 0.164. The lowest BCUT2D eigenvalue weighted by molar-refractivity contribution is -0.129. The Morgan fingerprint density at radius 3 is 2.75 bits per heavy atom. The van der Waals surface area contributed by atoms with Crippen LogP contribution in [0.25, 0.3) is 11.0 Å². The van der Waals surface area contributed by atoms with Gasteiger partial charge in [-0.1, -0.05) is 17.8 Å².